The van der Waals surface area contributed by atoms with Gasteiger partial charge in [-0.3, -0.25) is 9.59 Å². The number of aryl methyl sites for hydroxylation is 1. The van der Waals surface area contributed by atoms with Crippen molar-refractivity contribution in [1.82, 2.24) is 15.6 Å². The predicted octanol–water partition coefficient (Wildman–Crippen LogP) is 6.56. The van der Waals surface area contributed by atoms with Crippen LogP contribution in [0.5, 0.6) is 0 Å². The summed E-state index contributed by atoms with van der Waals surface area (Å²) in [4.78, 5) is 30.4. The molecule has 0 saturated heterocycles. The maximum absolute atomic E-state index is 13.6. The van der Waals surface area contributed by atoms with E-state index in [1.807, 2.05) is 13.8 Å². The highest BCUT2D eigenvalue weighted by Crippen LogP contribution is 2.37. The number of nitrogens with zero attached hydrogens (tertiary/aromatic N) is 1. The van der Waals surface area contributed by atoms with Gasteiger partial charge < -0.3 is 19.8 Å². The molecule has 0 bridgehead atoms. The molecular formula is C31H31F4N3O4. The lowest BCUT2D eigenvalue weighted by molar-refractivity contribution is -0.134. The van der Waals surface area contributed by atoms with E-state index in [-0.39, 0.29) is 39.4 Å². The minimum atomic E-state index is -4.44. The number of amides is 2. The summed E-state index contributed by atoms with van der Waals surface area (Å²) in [6.45, 7) is 4.65. The maximum atomic E-state index is 13.6. The van der Waals surface area contributed by atoms with Gasteiger partial charge in [-0.05, 0) is 54.4 Å². The molecule has 0 unspecified atom stereocenters. The Morgan fingerprint density at radius 1 is 1.00 bits per heavy atom. The van der Waals surface area contributed by atoms with Crippen LogP contribution in [0.4, 0.5) is 17.6 Å². The number of halogens is 4. The van der Waals surface area contributed by atoms with Crippen molar-refractivity contribution >= 4 is 22.9 Å². The molecule has 0 aliphatic heterocycles. The van der Waals surface area contributed by atoms with Crippen molar-refractivity contribution < 1.29 is 36.3 Å². The average Bonchev–Trinajstić information content (AvgIpc) is 3.32. The number of benzene rings is 2. The van der Waals surface area contributed by atoms with E-state index in [1.165, 1.54) is 31.3 Å². The van der Waals surface area contributed by atoms with E-state index in [1.54, 1.807) is 37.4 Å². The Balaban J connectivity index is 1.84. The number of carbonyl (C=O) groups excluding carboxylic acids is 2. The molecule has 4 rings (SSSR count). The number of ether oxygens (including phenoxy) is 1. The van der Waals surface area contributed by atoms with Gasteiger partial charge in [-0.25, -0.2) is 9.37 Å². The Bertz CT molecular complexity index is 1590. The number of methoxy groups -OCH3 is 1. The van der Waals surface area contributed by atoms with Crippen molar-refractivity contribution in [1.29, 1.82) is 0 Å². The first-order valence-electron chi connectivity index (χ1n) is 13.2. The van der Waals surface area contributed by atoms with Crippen LogP contribution in [-0.4, -0.2) is 50.3 Å². The van der Waals surface area contributed by atoms with Crippen molar-refractivity contribution in [3.05, 3.63) is 77.2 Å². The Morgan fingerprint density at radius 2 is 1.71 bits per heavy atom. The second kappa shape index (κ2) is 12.3. The summed E-state index contributed by atoms with van der Waals surface area (Å²) < 4.78 is 64.5. The lowest BCUT2D eigenvalue weighted by atomic mass is 9.94. The van der Waals surface area contributed by atoms with E-state index in [9.17, 15) is 27.2 Å². The summed E-state index contributed by atoms with van der Waals surface area (Å²) in [5.74, 6) is -1.27. The number of carbonyl (C=O) groups is 2. The molecule has 2 N–H and O–H groups in total. The molecule has 0 aliphatic carbocycles. The Kier molecular flexibility index (Phi) is 9.00. The summed E-state index contributed by atoms with van der Waals surface area (Å²) in [5.41, 5.74) is 1.28. The summed E-state index contributed by atoms with van der Waals surface area (Å²) in [6.07, 6.45) is -6.04. The second-order valence-corrected chi connectivity index (χ2v) is 10.7. The molecule has 0 atom stereocenters. The van der Waals surface area contributed by atoms with Gasteiger partial charge in [-0.2, -0.15) is 13.2 Å². The van der Waals surface area contributed by atoms with E-state index in [0.717, 1.165) is 0 Å². The minimum Gasteiger partial charge on any atom is -0.437 e. The molecule has 2 aromatic carbocycles. The number of aromatic nitrogens is 1. The molecule has 42 heavy (non-hydrogen) atoms. The van der Waals surface area contributed by atoms with Gasteiger partial charge in [0.1, 0.15) is 11.6 Å². The molecule has 222 valence electrons. The van der Waals surface area contributed by atoms with Crippen molar-refractivity contribution in [3.63, 3.8) is 0 Å². The highest BCUT2D eigenvalue weighted by atomic mass is 19.4. The Morgan fingerprint density at radius 3 is 2.36 bits per heavy atom. The molecule has 4 aromatic rings. The third-order valence-corrected chi connectivity index (χ3v) is 6.67. The highest BCUT2D eigenvalue weighted by Gasteiger charge is 2.29. The maximum Gasteiger partial charge on any atom is 0.389 e. The van der Waals surface area contributed by atoms with Crippen molar-refractivity contribution in [2.45, 2.75) is 32.9 Å². The van der Waals surface area contributed by atoms with Gasteiger partial charge in [0.25, 0.3) is 11.8 Å². The van der Waals surface area contributed by atoms with Gasteiger partial charge in [0.2, 0.25) is 5.71 Å². The molecule has 0 radical (unpaired) electrons. The second-order valence-electron chi connectivity index (χ2n) is 10.7. The lowest BCUT2D eigenvalue weighted by Crippen LogP contribution is -2.36. The molecule has 2 heterocycles. The topological polar surface area (TPSA) is 93.5 Å². The van der Waals surface area contributed by atoms with Crippen LogP contribution in [-0.2, 0) is 11.2 Å². The van der Waals surface area contributed by atoms with Crippen LogP contribution in [0.15, 0.2) is 59.0 Å². The highest BCUT2D eigenvalue weighted by molar-refractivity contribution is 6.11. The zero-order valence-electron chi connectivity index (χ0n) is 23.6. The first-order valence-corrected chi connectivity index (χ1v) is 13.2. The standard InChI is InChI=1S/C31H31F4N3O4/c1-30(2,17-41-4)16-37-27(39)20-7-5-6-19(14-20)22-15-23-25(28(40)36-3)26(18-8-10-21(32)11-9-18)42-29(23)38-24(22)12-13-31(33,34)35/h5-11,14-15H,12-13,16-17H2,1-4H3,(H,36,40)(H,37,39). The smallest absolute Gasteiger partial charge is 0.389 e. The third kappa shape index (κ3) is 7.14. The van der Waals surface area contributed by atoms with Gasteiger partial charge in [-0.15, -0.1) is 0 Å². The summed E-state index contributed by atoms with van der Waals surface area (Å²) in [7, 11) is 3.00. The van der Waals surface area contributed by atoms with Crippen molar-refractivity contribution in [2.24, 2.45) is 5.41 Å². The van der Waals surface area contributed by atoms with E-state index in [2.05, 4.69) is 15.6 Å². The summed E-state index contributed by atoms with van der Waals surface area (Å²) in [5, 5.41) is 5.68. The lowest BCUT2D eigenvalue weighted by Gasteiger charge is -2.23. The van der Waals surface area contributed by atoms with Crippen LogP contribution in [0, 0.1) is 11.2 Å². The van der Waals surface area contributed by atoms with Crippen LogP contribution < -0.4 is 10.6 Å². The number of furan rings is 1. The third-order valence-electron chi connectivity index (χ3n) is 6.67. The first-order chi connectivity index (χ1) is 19.8. The Labute approximate surface area is 240 Å². The van der Waals surface area contributed by atoms with Crippen molar-refractivity contribution in [3.8, 4) is 22.5 Å². The zero-order valence-corrected chi connectivity index (χ0v) is 23.6. The van der Waals surface area contributed by atoms with Gasteiger partial charge in [0.05, 0.1) is 23.3 Å². The van der Waals surface area contributed by atoms with E-state index in [0.29, 0.717) is 35.4 Å². The van der Waals surface area contributed by atoms with E-state index < -0.39 is 30.7 Å². The first kappa shape index (κ1) is 30.7. The number of pyridine rings is 1. The van der Waals surface area contributed by atoms with Gasteiger partial charge >= 0.3 is 6.18 Å². The van der Waals surface area contributed by atoms with Gasteiger partial charge in [0.15, 0.2) is 0 Å². The molecule has 0 fully saturated rings. The molecule has 7 nitrogen and oxygen atoms in total. The number of hydrogen-bond donors (Lipinski definition) is 2. The minimum absolute atomic E-state index is 0.0388. The fraction of sp³-hybridized carbons (Fsp3) is 0.323. The van der Waals surface area contributed by atoms with Crippen molar-refractivity contribution in [2.75, 3.05) is 27.3 Å². The number of hydrogen-bond acceptors (Lipinski definition) is 5. The van der Waals surface area contributed by atoms with Crippen LogP contribution in [0.1, 0.15) is 46.7 Å². The molecular weight excluding hydrogens is 554 g/mol. The van der Waals surface area contributed by atoms with Crippen LogP contribution in [0.25, 0.3) is 33.6 Å². The van der Waals surface area contributed by atoms with E-state index >= 15 is 0 Å². The summed E-state index contributed by atoms with van der Waals surface area (Å²) >= 11 is 0. The quantitative estimate of drug-likeness (QED) is 0.206. The van der Waals surface area contributed by atoms with Crippen LogP contribution in [0.3, 0.4) is 0 Å². The number of fused-ring (bicyclic) bond motifs is 1. The van der Waals surface area contributed by atoms with Crippen LogP contribution >= 0.6 is 0 Å². The molecule has 2 amide bonds. The van der Waals surface area contributed by atoms with Crippen LogP contribution in [0.2, 0.25) is 0 Å². The molecule has 0 saturated carbocycles. The SMILES string of the molecule is CNC(=O)c1c(-c2ccc(F)cc2)oc2nc(CCC(F)(F)F)c(-c3cccc(C(=O)NCC(C)(C)COC)c3)cc12. The van der Waals surface area contributed by atoms with Gasteiger partial charge in [0, 0.05) is 49.2 Å². The zero-order chi connectivity index (χ0) is 30.7. The monoisotopic (exact) mass is 585 g/mol. The fourth-order valence-electron chi connectivity index (χ4n) is 4.61. The molecule has 0 aliphatic rings. The Hall–Kier alpha value is -4.25. The fourth-order valence-corrected chi connectivity index (χ4v) is 4.61. The van der Waals surface area contributed by atoms with E-state index in [4.69, 9.17) is 9.15 Å². The number of nitrogens with one attached hydrogen (secondary N) is 2. The largest absolute Gasteiger partial charge is 0.437 e. The molecule has 0 spiro atoms. The number of rotatable bonds is 10. The molecule has 11 heteroatoms. The average molecular weight is 586 g/mol. The van der Waals surface area contributed by atoms with Gasteiger partial charge in [-0.1, -0.05) is 26.0 Å². The predicted molar refractivity (Wildman–Crippen MR) is 151 cm³/mol. The number of alkyl halides is 3. The molecule has 2 aromatic heterocycles. The normalized spacial score (nSPS) is 12.0. The summed E-state index contributed by atoms with van der Waals surface area (Å²) in [6, 6.07) is 13.3.